The third-order valence-corrected chi connectivity index (χ3v) is 3.26. The van der Waals surface area contributed by atoms with Crippen LogP contribution in [0.1, 0.15) is 12.5 Å². The van der Waals surface area contributed by atoms with Crippen LogP contribution in [0.2, 0.25) is 5.02 Å². The number of imide groups is 1. The van der Waals surface area contributed by atoms with Crippen molar-refractivity contribution < 1.29 is 14.7 Å². The predicted molar refractivity (Wildman–Crippen MR) is 67.3 cm³/mol. The van der Waals surface area contributed by atoms with Crippen LogP contribution in [-0.2, 0) is 16.2 Å². The van der Waals surface area contributed by atoms with Crippen molar-refractivity contribution in [2.24, 2.45) is 0 Å². The minimum Gasteiger partial charge on any atom is -0.392 e. The van der Waals surface area contributed by atoms with Crippen LogP contribution in [0, 0.1) is 0 Å². The van der Waals surface area contributed by atoms with Gasteiger partial charge in [0, 0.05) is 5.56 Å². The first-order chi connectivity index (χ1) is 8.54. The van der Waals surface area contributed by atoms with Gasteiger partial charge >= 0.3 is 0 Å². The van der Waals surface area contributed by atoms with Crippen LogP contribution < -0.4 is 10.2 Å². The molecule has 1 unspecified atom stereocenters. The minimum absolute atomic E-state index is 0.0453. The predicted octanol–water partition coefficient (Wildman–Crippen LogP) is 0.684. The number of anilines is 1. The van der Waals surface area contributed by atoms with E-state index in [0.29, 0.717) is 16.3 Å². The van der Waals surface area contributed by atoms with E-state index in [1.807, 2.05) is 0 Å². The average Bonchev–Trinajstić information content (AvgIpc) is 2.33. The quantitative estimate of drug-likeness (QED) is 0.774. The smallest absolute Gasteiger partial charge is 0.249 e. The molecule has 0 saturated carbocycles. The number of carbonyl (C=O) groups excluding carboxylic acids is 2. The second kappa shape index (κ2) is 4.96. The molecule has 1 aromatic rings. The highest BCUT2D eigenvalue weighted by molar-refractivity contribution is 6.33. The number of rotatable bonds is 2. The highest BCUT2D eigenvalue weighted by atomic mass is 35.5. The number of aliphatic hydroxyl groups is 1. The maximum Gasteiger partial charge on any atom is 0.249 e. The van der Waals surface area contributed by atoms with Crippen molar-refractivity contribution in [3.05, 3.63) is 28.8 Å². The Morgan fingerprint density at radius 1 is 1.50 bits per heavy atom. The average molecular weight is 269 g/mol. The monoisotopic (exact) mass is 268 g/mol. The highest BCUT2D eigenvalue weighted by Crippen LogP contribution is 2.32. The summed E-state index contributed by atoms with van der Waals surface area (Å²) < 4.78 is 0. The van der Waals surface area contributed by atoms with Crippen LogP contribution in [0.25, 0.3) is 0 Å². The normalized spacial score (nSPS) is 19.9. The maximum atomic E-state index is 11.6. The van der Waals surface area contributed by atoms with Gasteiger partial charge in [0.2, 0.25) is 11.8 Å². The Morgan fingerprint density at radius 2 is 2.22 bits per heavy atom. The molecule has 0 bridgehead atoms. The van der Waals surface area contributed by atoms with Crippen LogP contribution >= 0.6 is 11.6 Å². The van der Waals surface area contributed by atoms with Gasteiger partial charge in [-0.15, -0.1) is 0 Å². The van der Waals surface area contributed by atoms with Crippen molar-refractivity contribution in [2.75, 3.05) is 11.4 Å². The number of piperazine rings is 1. The summed E-state index contributed by atoms with van der Waals surface area (Å²) in [4.78, 5) is 24.7. The lowest BCUT2D eigenvalue weighted by atomic mass is 10.1. The highest BCUT2D eigenvalue weighted by Gasteiger charge is 2.32. The standard InChI is InChI=1S/C12H13ClN2O3/c1-7-12(18)14-10(17)5-15(7)11-8(6-16)3-2-4-9(11)13/h2-4,7,16H,5-6H2,1H3,(H,14,17,18). The van der Waals surface area contributed by atoms with Gasteiger partial charge in [-0.2, -0.15) is 0 Å². The molecule has 1 saturated heterocycles. The van der Waals surface area contributed by atoms with Gasteiger partial charge in [0.15, 0.2) is 0 Å². The zero-order valence-corrected chi connectivity index (χ0v) is 10.6. The summed E-state index contributed by atoms with van der Waals surface area (Å²) in [5.41, 5.74) is 1.13. The third kappa shape index (κ3) is 2.19. The second-order valence-corrected chi connectivity index (χ2v) is 4.53. The van der Waals surface area contributed by atoms with E-state index >= 15 is 0 Å². The van der Waals surface area contributed by atoms with Crippen molar-refractivity contribution in [2.45, 2.75) is 19.6 Å². The lowest BCUT2D eigenvalue weighted by Crippen LogP contribution is -2.57. The number of nitrogens with zero attached hydrogens (tertiary/aromatic N) is 1. The zero-order chi connectivity index (χ0) is 13.3. The Hall–Kier alpha value is -1.59. The number of aliphatic hydroxyl groups excluding tert-OH is 1. The molecule has 18 heavy (non-hydrogen) atoms. The fourth-order valence-corrected chi connectivity index (χ4v) is 2.30. The van der Waals surface area contributed by atoms with Crippen molar-refractivity contribution in [1.29, 1.82) is 0 Å². The van der Waals surface area contributed by atoms with Gasteiger partial charge in [0.25, 0.3) is 0 Å². The lowest BCUT2D eigenvalue weighted by molar-refractivity contribution is -0.132. The molecule has 1 fully saturated rings. The molecule has 0 radical (unpaired) electrons. The largest absolute Gasteiger partial charge is 0.392 e. The van der Waals surface area contributed by atoms with Crippen molar-refractivity contribution in [3.63, 3.8) is 0 Å². The SMILES string of the molecule is CC1C(=O)NC(=O)CN1c1c(Cl)cccc1CO. The van der Waals surface area contributed by atoms with E-state index in [9.17, 15) is 14.7 Å². The zero-order valence-electron chi connectivity index (χ0n) is 9.81. The molecule has 0 aliphatic carbocycles. The van der Waals surface area contributed by atoms with Gasteiger partial charge in [0.1, 0.15) is 6.04 Å². The Labute approximate surface area is 109 Å². The van der Waals surface area contributed by atoms with Crippen molar-refractivity contribution in [3.8, 4) is 0 Å². The molecule has 1 aliphatic heterocycles. The van der Waals surface area contributed by atoms with E-state index in [-0.39, 0.29) is 25.0 Å². The molecule has 5 nitrogen and oxygen atoms in total. The van der Waals surface area contributed by atoms with Crippen LogP contribution in [-0.4, -0.2) is 29.5 Å². The molecule has 2 amide bonds. The van der Waals surface area contributed by atoms with Gasteiger partial charge in [-0.25, -0.2) is 0 Å². The van der Waals surface area contributed by atoms with E-state index in [1.165, 1.54) is 0 Å². The number of halogens is 1. The van der Waals surface area contributed by atoms with E-state index in [1.54, 1.807) is 30.0 Å². The van der Waals surface area contributed by atoms with Crippen LogP contribution in [0.15, 0.2) is 18.2 Å². The molecule has 1 aromatic carbocycles. The van der Waals surface area contributed by atoms with Crippen LogP contribution in [0.4, 0.5) is 5.69 Å². The molecular formula is C12H13ClN2O3. The molecule has 2 rings (SSSR count). The Kier molecular flexibility index (Phi) is 3.54. The summed E-state index contributed by atoms with van der Waals surface area (Å²) >= 11 is 6.11. The summed E-state index contributed by atoms with van der Waals surface area (Å²) in [6.07, 6.45) is 0. The molecule has 6 heteroatoms. The lowest BCUT2D eigenvalue weighted by Gasteiger charge is -2.35. The number of carbonyl (C=O) groups is 2. The van der Waals surface area contributed by atoms with Gasteiger partial charge in [-0.3, -0.25) is 14.9 Å². The number of benzene rings is 1. The fourth-order valence-electron chi connectivity index (χ4n) is 2.00. The topological polar surface area (TPSA) is 69.6 Å². The minimum atomic E-state index is -0.507. The van der Waals surface area contributed by atoms with E-state index in [2.05, 4.69) is 5.32 Å². The summed E-state index contributed by atoms with van der Waals surface area (Å²) in [6, 6.07) is 4.59. The summed E-state index contributed by atoms with van der Waals surface area (Å²) in [5.74, 6) is -0.739. The summed E-state index contributed by atoms with van der Waals surface area (Å²) in [5, 5.41) is 12.0. The number of nitrogens with one attached hydrogen (secondary N) is 1. The molecule has 0 spiro atoms. The molecule has 1 aliphatic rings. The third-order valence-electron chi connectivity index (χ3n) is 2.95. The van der Waals surface area contributed by atoms with Crippen LogP contribution in [0.5, 0.6) is 0 Å². The second-order valence-electron chi connectivity index (χ2n) is 4.12. The van der Waals surface area contributed by atoms with Gasteiger partial charge in [-0.05, 0) is 13.0 Å². The van der Waals surface area contributed by atoms with E-state index in [0.717, 1.165) is 0 Å². The van der Waals surface area contributed by atoms with E-state index < -0.39 is 6.04 Å². The maximum absolute atomic E-state index is 11.6. The first-order valence-corrected chi connectivity index (χ1v) is 5.91. The van der Waals surface area contributed by atoms with Crippen LogP contribution in [0.3, 0.4) is 0 Å². The Morgan fingerprint density at radius 3 is 2.89 bits per heavy atom. The number of hydrogen-bond acceptors (Lipinski definition) is 4. The van der Waals surface area contributed by atoms with Gasteiger partial charge in [-0.1, -0.05) is 23.7 Å². The van der Waals surface area contributed by atoms with E-state index in [4.69, 9.17) is 11.6 Å². The Balaban J connectivity index is 2.47. The molecular weight excluding hydrogens is 256 g/mol. The molecule has 2 N–H and O–H groups in total. The number of amides is 2. The molecule has 0 aromatic heterocycles. The first-order valence-electron chi connectivity index (χ1n) is 5.53. The molecule has 1 atom stereocenters. The first kappa shape index (κ1) is 12.9. The number of para-hydroxylation sites is 1. The van der Waals surface area contributed by atoms with Gasteiger partial charge < -0.3 is 10.0 Å². The van der Waals surface area contributed by atoms with Crippen molar-refractivity contribution in [1.82, 2.24) is 5.32 Å². The number of hydrogen-bond donors (Lipinski definition) is 2. The summed E-state index contributed by atoms with van der Waals surface area (Å²) in [7, 11) is 0. The Bertz CT molecular complexity index is 504. The molecule has 96 valence electrons. The molecule has 1 heterocycles. The van der Waals surface area contributed by atoms with Gasteiger partial charge in [0.05, 0.1) is 23.9 Å². The summed E-state index contributed by atoms with van der Waals surface area (Å²) in [6.45, 7) is 1.53. The van der Waals surface area contributed by atoms with Crippen molar-refractivity contribution >= 4 is 29.1 Å². The fraction of sp³-hybridized carbons (Fsp3) is 0.333.